The minimum Gasteiger partial charge on any atom is -0.463 e. The molecular weight excluding hydrogens is 416 g/mol. The maximum Gasteiger partial charge on any atom is 0.277 e. The molecule has 0 unspecified atom stereocenters. The molecule has 33 heavy (non-hydrogen) atoms. The number of fused-ring (bicyclic) bond motifs is 1. The third-order valence-corrected chi connectivity index (χ3v) is 7.11. The summed E-state index contributed by atoms with van der Waals surface area (Å²) in [6.45, 7) is 6.17. The Morgan fingerprint density at radius 3 is 2.61 bits per heavy atom. The van der Waals surface area contributed by atoms with Gasteiger partial charge in [-0.25, -0.2) is 0 Å². The average Bonchev–Trinajstić information content (AvgIpc) is 3.47. The van der Waals surface area contributed by atoms with Crippen LogP contribution in [0.5, 0.6) is 0 Å². The van der Waals surface area contributed by atoms with Gasteiger partial charge in [0.25, 0.3) is 5.91 Å². The molecule has 0 spiro atoms. The first-order chi connectivity index (χ1) is 15.9. The second-order valence-corrected chi connectivity index (χ2v) is 9.54. The van der Waals surface area contributed by atoms with Gasteiger partial charge in [0.15, 0.2) is 5.76 Å². The topological polar surface area (TPSA) is 80.4 Å². The van der Waals surface area contributed by atoms with E-state index in [1.54, 1.807) is 28.0 Å². The normalized spacial score (nSPS) is 21.2. The Bertz CT molecular complexity index is 1190. The number of furan rings is 1. The fourth-order valence-electron chi connectivity index (χ4n) is 4.98. The number of nitrogens with zero attached hydrogens (tertiary/aromatic N) is 3. The summed E-state index contributed by atoms with van der Waals surface area (Å²) in [4.78, 5) is 29.3. The average molecular weight is 447 g/mol. The van der Waals surface area contributed by atoms with Crippen molar-refractivity contribution in [2.24, 2.45) is 0 Å². The van der Waals surface area contributed by atoms with Crippen molar-refractivity contribution in [2.45, 2.75) is 71.0 Å². The monoisotopic (exact) mass is 446 g/mol. The molecule has 172 valence electrons. The standard InChI is InChI=1S/C26H30N4O3/c1-17-11-12-20(14-18(17)2)30-24(31)22-15-21(23-10-7-13-33-23)28-29(22)16-26(30,3)25(32)27-19-8-5-4-6-9-19/h7,10-15,19H,4-6,8-9,16H2,1-3H3,(H,27,32)/t26-/m1/s1. The number of carbonyl (C=O) groups is 2. The number of carbonyl (C=O) groups excluding carboxylic acids is 2. The van der Waals surface area contributed by atoms with E-state index in [9.17, 15) is 9.59 Å². The van der Waals surface area contributed by atoms with Crippen LogP contribution in [-0.4, -0.2) is 33.2 Å². The summed E-state index contributed by atoms with van der Waals surface area (Å²) in [5, 5.41) is 7.87. The van der Waals surface area contributed by atoms with Crippen LogP contribution in [0.25, 0.3) is 11.5 Å². The van der Waals surface area contributed by atoms with Crippen LogP contribution in [0.3, 0.4) is 0 Å². The number of aryl methyl sites for hydroxylation is 2. The van der Waals surface area contributed by atoms with Crippen molar-refractivity contribution in [1.29, 1.82) is 0 Å². The highest BCUT2D eigenvalue weighted by molar-refractivity contribution is 6.12. The third-order valence-electron chi connectivity index (χ3n) is 7.11. The van der Waals surface area contributed by atoms with Crippen molar-refractivity contribution in [1.82, 2.24) is 15.1 Å². The largest absolute Gasteiger partial charge is 0.463 e. The van der Waals surface area contributed by atoms with Crippen LogP contribution < -0.4 is 10.2 Å². The van der Waals surface area contributed by atoms with Gasteiger partial charge in [-0.05, 0) is 69.0 Å². The SMILES string of the molecule is Cc1ccc(N2C(=O)c3cc(-c4ccco4)nn3C[C@]2(C)C(=O)NC2CCCCC2)cc1C. The van der Waals surface area contributed by atoms with Gasteiger partial charge in [0.2, 0.25) is 5.91 Å². The van der Waals surface area contributed by atoms with Crippen molar-refractivity contribution >= 4 is 17.5 Å². The zero-order valence-electron chi connectivity index (χ0n) is 19.4. The Balaban J connectivity index is 1.57. The Hall–Kier alpha value is -3.35. The molecule has 7 heteroatoms. The fourth-order valence-corrected chi connectivity index (χ4v) is 4.98. The predicted molar refractivity (Wildman–Crippen MR) is 126 cm³/mol. The van der Waals surface area contributed by atoms with Gasteiger partial charge >= 0.3 is 0 Å². The van der Waals surface area contributed by atoms with Gasteiger partial charge in [-0.2, -0.15) is 5.10 Å². The van der Waals surface area contributed by atoms with Gasteiger partial charge < -0.3 is 9.73 Å². The highest BCUT2D eigenvalue weighted by Gasteiger charge is 2.49. The Labute approximate surface area is 193 Å². The molecule has 2 amide bonds. The second kappa shape index (κ2) is 8.21. The van der Waals surface area contributed by atoms with E-state index >= 15 is 0 Å². The van der Waals surface area contributed by atoms with Gasteiger partial charge in [-0.15, -0.1) is 0 Å². The first-order valence-electron chi connectivity index (χ1n) is 11.7. The number of benzene rings is 1. The van der Waals surface area contributed by atoms with Gasteiger partial charge in [-0.3, -0.25) is 19.2 Å². The van der Waals surface area contributed by atoms with E-state index in [0.717, 1.165) is 42.5 Å². The van der Waals surface area contributed by atoms with Crippen molar-refractivity contribution in [3.05, 3.63) is 59.5 Å². The third kappa shape index (κ3) is 3.75. The van der Waals surface area contributed by atoms with Crippen LogP contribution in [0.15, 0.2) is 47.1 Å². The van der Waals surface area contributed by atoms with E-state index in [4.69, 9.17) is 4.42 Å². The molecule has 0 bridgehead atoms. The van der Waals surface area contributed by atoms with Gasteiger partial charge in [0.1, 0.15) is 16.9 Å². The maximum absolute atomic E-state index is 13.9. The summed E-state index contributed by atoms with van der Waals surface area (Å²) in [5.74, 6) is 0.216. The summed E-state index contributed by atoms with van der Waals surface area (Å²) in [6.07, 6.45) is 7.00. The lowest BCUT2D eigenvalue weighted by atomic mass is 9.91. The smallest absolute Gasteiger partial charge is 0.277 e. The molecule has 1 aliphatic carbocycles. The number of aromatic nitrogens is 2. The minimum atomic E-state index is -1.12. The highest BCUT2D eigenvalue weighted by Crippen LogP contribution is 2.35. The summed E-state index contributed by atoms with van der Waals surface area (Å²) in [7, 11) is 0. The molecule has 1 aromatic carbocycles. The lowest BCUT2D eigenvalue weighted by Gasteiger charge is -2.44. The Morgan fingerprint density at radius 2 is 1.91 bits per heavy atom. The first-order valence-corrected chi connectivity index (χ1v) is 11.7. The minimum absolute atomic E-state index is 0.137. The summed E-state index contributed by atoms with van der Waals surface area (Å²) in [5.41, 5.74) is 2.85. The molecule has 3 aromatic rings. The zero-order valence-corrected chi connectivity index (χ0v) is 19.4. The van der Waals surface area contributed by atoms with E-state index in [0.29, 0.717) is 17.1 Å². The van der Waals surface area contributed by atoms with Crippen molar-refractivity contribution in [3.8, 4) is 11.5 Å². The molecule has 1 N–H and O–H groups in total. The van der Waals surface area contributed by atoms with Crippen LogP contribution in [0.1, 0.15) is 60.6 Å². The van der Waals surface area contributed by atoms with Crippen LogP contribution in [-0.2, 0) is 11.3 Å². The van der Waals surface area contributed by atoms with Crippen molar-refractivity contribution in [3.63, 3.8) is 0 Å². The second-order valence-electron chi connectivity index (χ2n) is 9.54. The Morgan fingerprint density at radius 1 is 1.12 bits per heavy atom. The summed E-state index contributed by atoms with van der Waals surface area (Å²) in [6, 6.07) is 11.4. The number of nitrogens with one attached hydrogen (secondary N) is 1. The van der Waals surface area contributed by atoms with Crippen LogP contribution >= 0.6 is 0 Å². The van der Waals surface area contributed by atoms with E-state index < -0.39 is 5.54 Å². The van der Waals surface area contributed by atoms with Crippen LogP contribution in [0.4, 0.5) is 5.69 Å². The lowest BCUT2D eigenvalue weighted by Crippen LogP contribution is -2.65. The van der Waals surface area contributed by atoms with Crippen molar-refractivity contribution in [2.75, 3.05) is 4.90 Å². The summed E-state index contributed by atoms with van der Waals surface area (Å²) < 4.78 is 7.14. The molecule has 1 aliphatic heterocycles. The quantitative estimate of drug-likeness (QED) is 0.634. The molecule has 0 saturated heterocycles. The van der Waals surface area contributed by atoms with E-state index in [-0.39, 0.29) is 24.4 Å². The number of hydrogen-bond donors (Lipinski definition) is 1. The molecule has 0 radical (unpaired) electrons. The number of hydrogen-bond acceptors (Lipinski definition) is 4. The molecule has 7 nitrogen and oxygen atoms in total. The maximum atomic E-state index is 13.9. The molecule has 1 saturated carbocycles. The lowest BCUT2D eigenvalue weighted by molar-refractivity contribution is -0.127. The zero-order chi connectivity index (χ0) is 23.2. The number of anilines is 1. The van der Waals surface area contributed by atoms with Gasteiger partial charge in [0, 0.05) is 17.8 Å². The molecule has 5 rings (SSSR count). The highest BCUT2D eigenvalue weighted by atomic mass is 16.3. The van der Waals surface area contributed by atoms with Crippen molar-refractivity contribution < 1.29 is 14.0 Å². The molecule has 1 atom stereocenters. The van der Waals surface area contributed by atoms with E-state index in [2.05, 4.69) is 10.4 Å². The molecule has 2 aliphatic rings. The molecule has 3 heterocycles. The molecule has 2 aromatic heterocycles. The summed E-state index contributed by atoms with van der Waals surface area (Å²) >= 11 is 0. The number of rotatable bonds is 4. The van der Waals surface area contributed by atoms with Gasteiger partial charge in [-0.1, -0.05) is 25.3 Å². The predicted octanol–water partition coefficient (Wildman–Crippen LogP) is 4.63. The first kappa shape index (κ1) is 21.5. The van der Waals surface area contributed by atoms with Crippen LogP contribution in [0, 0.1) is 13.8 Å². The molecular formula is C26H30N4O3. The fraction of sp³-hybridized carbons (Fsp3) is 0.423. The van der Waals surface area contributed by atoms with E-state index in [1.165, 1.54) is 6.42 Å². The van der Waals surface area contributed by atoms with E-state index in [1.807, 2.05) is 45.0 Å². The number of amides is 2. The van der Waals surface area contributed by atoms with Crippen LogP contribution in [0.2, 0.25) is 0 Å². The molecule has 1 fully saturated rings. The van der Waals surface area contributed by atoms with Gasteiger partial charge in [0.05, 0.1) is 12.8 Å². The Kier molecular flexibility index (Phi) is 5.35.